The maximum Gasteiger partial charge on any atom is 0.238 e. The minimum atomic E-state index is -3.70. The number of hydrogen-bond acceptors (Lipinski definition) is 4. The van der Waals surface area contributed by atoms with E-state index in [-0.39, 0.29) is 10.8 Å². The second-order valence-electron chi connectivity index (χ2n) is 6.34. The number of benzene rings is 2. The van der Waals surface area contributed by atoms with Gasteiger partial charge in [0, 0.05) is 11.4 Å². The number of hydrogen-bond donors (Lipinski definition) is 2. The van der Waals surface area contributed by atoms with Crippen LogP contribution < -0.4 is 10.5 Å². The highest BCUT2D eigenvalue weighted by atomic mass is 32.2. The Morgan fingerprint density at radius 3 is 2.08 bits per heavy atom. The summed E-state index contributed by atoms with van der Waals surface area (Å²) in [5, 5.41) is 7.92. The normalized spacial score (nSPS) is 11.4. The summed E-state index contributed by atoms with van der Waals surface area (Å²) in [6, 6.07) is 8.33. The third-order valence-electron chi connectivity index (χ3n) is 4.39. The molecule has 140 valence electrons. The van der Waals surface area contributed by atoms with Crippen molar-refractivity contribution in [3.63, 3.8) is 0 Å². The molecule has 0 fully saturated rings. The van der Waals surface area contributed by atoms with Gasteiger partial charge < -0.3 is 5.32 Å². The molecule has 0 unspecified atom stereocenters. The molecule has 0 bridgehead atoms. The van der Waals surface area contributed by atoms with Crippen molar-refractivity contribution in [3.8, 4) is 0 Å². The lowest BCUT2D eigenvalue weighted by atomic mass is 10.0. The first kappa shape index (κ1) is 20.5. The average molecular weight is 393 g/mol. The van der Waals surface area contributed by atoms with Gasteiger partial charge in [0.1, 0.15) is 0 Å². The van der Waals surface area contributed by atoms with Gasteiger partial charge in [-0.05, 0) is 67.6 Å². The molecule has 0 atom stereocenters. The number of rotatable bonds is 6. The quantitative estimate of drug-likeness (QED) is 0.740. The first-order valence-electron chi connectivity index (χ1n) is 8.18. The van der Waals surface area contributed by atoms with Crippen LogP contribution in [0.2, 0.25) is 0 Å². The SMILES string of the molecule is Cc1cc(C)c(C)c(SCC(=O)NCc2ccc(S(N)(=O)=O)cc2)c1C. The second-order valence-corrected chi connectivity index (χ2v) is 8.89. The molecule has 0 heterocycles. The largest absolute Gasteiger partial charge is 0.351 e. The fourth-order valence-corrected chi connectivity index (χ4v) is 4.23. The molecule has 0 aliphatic carbocycles. The molecule has 26 heavy (non-hydrogen) atoms. The molecule has 0 spiro atoms. The molecule has 0 saturated heterocycles. The Hall–Kier alpha value is -1.83. The third-order valence-corrected chi connectivity index (χ3v) is 6.62. The molecule has 2 rings (SSSR count). The molecule has 0 aliphatic heterocycles. The lowest BCUT2D eigenvalue weighted by molar-refractivity contribution is -0.118. The van der Waals surface area contributed by atoms with E-state index in [1.54, 1.807) is 23.9 Å². The molecular formula is C19H24N2O3S2. The van der Waals surface area contributed by atoms with Gasteiger partial charge in [0.25, 0.3) is 0 Å². The molecule has 3 N–H and O–H groups in total. The summed E-state index contributed by atoms with van der Waals surface area (Å²) in [6.45, 7) is 8.66. The zero-order valence-electron chi connectivity index (χ0n) is 15.4. The van der Waals surface area contributed by atoms with Gasteiger partial charge in [0.05, 0.1) is 10.6 Å². The van der Waals surface area contributed by atoms with Crippen molar-refractivity contribution in [2.24, 2.45) is 5.14 Å². The van der Waals surface area contributed by atoms with E-state index < -0.39 is 10.0 Å². The van der Waals surface area contributed by atoms with E-state index in [1.165, 1.54) is 34.4 Å². The van der Waals surface area contributed by atoms with Crippen molar-refractivity contribution in [2.45, 2.75) is 44.0 Å². The monoisotopic (exact) mass is 392 g/mol. The summed E-state index contributed by atoms with van der Waals surface area (Å²) >= 11 is 1.54. The van der Waals surface area contributed by atoms with Crippen LogP contribution in [0.1, 0.15) is 27.8 Å². The van der Waals surface area contributed by atoms with Gasteiger partial charge in [0.2, 0.25) is 15.9 Å². The highest BCUT2D eigenvalue weighted by Gasteiger charge is 2.11. The molecule has 0 radical (unpaired) electrons. The molecule has 0 aromatic heterocycles. The van der Waals surface area contributed by atoms with E-state index in [0.29, 0.717) is 12.3 Å². The summed E-state index contributed by atoms with van der Waals surface area (Å²) in [6.07, 6.45) is 0. The molecule has 0 aliphatic rings. The summed E-state index contributed by atoms with van der Waals surface area (Å²) in [4.78, 5) is 13.4. The highest BCUT2D eigenvalue weighted by molar-refractivity contribution is 8.00. The summed E-state index contributed by atoms with van der Waals surface area (Å²) in [5.74, 6) is 0.267. The fraction of sp³-hybridized carbons (Fsp3) is 0.316. The maximum atomic E-state index is 12.2. The van der Waals surface area contributed by atoms with Crippen LogP contribution in [-0.4, -0.2) is 20.1 Å². The predicted octanol–water partition coefficient (Wildman–Crippen LogP) is 2.98. The van der Waals surface area contributed by atoms with E-state index in [9.17, 15) is 13.2 Å². The second kappa shape index (κ2) is 8.24. The number of nitrogens with one attached hydrogen (secondary N) is 1. The first-order chi connectivity index (χ1) is 12.1. The van der Waals surface area contributed by atoms with Gasteiger partial charge in [-0.25, -0.2) is 13.6 Å². The van der Waals surface area contributed by atoms with E-state index in [0.717, 1.165) is 10.5 Å². The van der Waals surface area contributed by atoms with Crippen molar-refractivity contribution in [1.82, 2.24) is 5.32 Å². The van der Waals surface area contributed by atoms with Gasteiger partial charge in [-0.2, -0.15) is 0 Å². The Bertz CT molecular complexity index is 895. The van der Waals surface area contributed by atoms with Crippen molar-refractivity contribution in [1.29, 1.82) is 0 Å². The number of carbonyl (C=O) groups is 1. The maximum absolute atomic E-state index is 12.2. The van der Waals surface area contributed by atoms with Crippen LogP contribution >= 0.6 is 11.8 Å². The molecule has 0 saturated carbocycles. The van der Waals surface area contributed by atoms with Crippen LogP contribution in [0.15, 0.2) is 40.1 Å². The van der Waals surface area contributed by atoms with Crippen LogP contribution in [0.4, 0.5) is 0 Å². The Morgan fingerprint density at radius 1 is 1.04 bits per heavy atom. The van der Waals surface area contributed by atoms with E-state index in [2.05, 4.69) is 39.1 Å². The van der Waals surface area contributed by atoms with Crippen molar-refractivity contribution >= 4 is 27.7 Å². The lowest BCUT2D eigenvalue weighted by Crippen LogP contribution is -2.24. The van der Waals surface area contributed by atoms with E-state index >= 15 is 0 Å². The third kappa shape index (κ3) is 5.09. The number of amides is 1. The molecule has 2 aromatic carbocycles. The molecule has 7 heteroatoms. The van der Waals surface area contributed by atoms with Crippen molar-refractivity contribution in [2.75, 3.05) is 5.75 Å². The first-order valence-corrected chi connectivity index (χ1v) is 10.7. The van der Waals surface area contributed by atoms with Crippen LogP contribution in [0.25, 0.3) is 0 Å². The van der Waals surface area contributed by atoms with Gasteiger partial charge in [-0.3, -0.25) is 4.79 Å². The number of sulfonamides is 1. The van der Waals surface area contributed by atoms with Crippen LogP contribution in [0.3, 0.4) is 0 Å². The Balaban J connectivity index is 1.94. The van der Waals surface area contributed by atoms with Gasteiger partial charge in [-0.1, -0.05) is 18.2 Å². The van der Waals surface area contributed by atoms with Crippen LogP contribution in [0, 0.1) is 27.7 Å². The van der Waals surface area contributed by atoms with Gasteiger partial charge >= 0.3 is 0 Å². The van der Waals surface area contributed by atoms with Crippen molar-refractivity contribution < 1.29 is 13.2 Å². The Kier molecular flexibility index (Phi) is 6.49. The topological polar surface area (TPSA) is 89.3 Å². The summed E-state index contributed by atoms with van der Waals surface area (Å²) in [7, 11) is -3.70. The lowest BCUT2D eigenvalue weighted by Gasteiger charge is -2.14. The van der Waals surface area contributed by atoms with Gasteiger partial charge in [0.15, 0.2) is 0 Å². The smallest absolute Gasteiger partial charge is 0.238 e. The Labute approximate surface area is 159 Å². The Morgan fingerprint density at radius 2 is 1.58 bits per heavy atom. The van der Waals surface area contributed by atoms with Crippen LogP contribution in [0.5, 0.6) is 0 Å². The van der Waals surface area contributed by atoms with E-state index in [1.807, 2.05) is 0 Å². The zero-order valence-corrected chi connectivity index (χ0v) is 17.1. The minimum absolute atomic E-state index is 0.0592. The number of thioether (sulfide) groups is 1. The number of aryl methyl sites for hydroxylation is 2. The molecular weight excluding hydrogens is 368 g/mol. The zero-order chi connectivity index (χ0) is 19.5. The van der Waals surface area contributed by atoms with E-state index in [4.69, 9.17) is 5.14 Å². The van der Waals surface area contributed by atoms with Crippen LogP contribution in [-0.2, 0) is 21.4 Å². The molecule has 5 nitrogen and oxygen atoms in total. The minimum Gasteiger partial charge on any atom is -0.351 e. The fourth-order valence-electron chi connectivity index (χ4n) is 2.58. The average Bonchev–Trinajstić information content (AvgIpc) is 2.58. The standard InChI is InChI=1S/C19H24N2O3S2/c1-12-9-13(2)15(4)19(14(12)3)25-11-18(22)21-10-16-5-7-17(8-6-16)26(20,23)24/h5-9H,10-11H2,1-4H3,(H,21,22)(H2,20,23,24). The van der Waals surface area contributed by atoms with Crippen molar-refractivity contribution in [3.05, 3.63) is 58.1 Å². The predicted molar refractivity (Wildman–Crippen MR) is 106 cm³/mol. The summed E-state index contributed by atoms with van der Waals surface area (Å²) in [5.41, 5.74) is 5.69. The summed E-state index contributed by atoms with van der Waals surface area (Å²) < 4.78 is 22.5. The van der Waals surface area contributed by atoms with Gasteiger partial charge in [-0.15, -0.1) is 11.8 Å². The number of nitrogens with two attached hydrogens (primary N) is 1. The number of carbonyl (C=O) groups excluding carboxylic acids is 1. The highest BCUT2D eigenvalue weighted by Crippen LogP contribution is 2.30. The number of primary sulfonamides is 1. The molecule has 1 amide bonds. The molecule has 2 aromatic rings.